The minimum absolute atomic E-state index is 0.220. The van der Waals surface area contributed by atoms with E-state index in [-0.39, 0.29) is 5.69 Å². The van der Waals surface area contributed by atoms with Crippen LogP contribution in [0.4, 0.5) is 32.0 Å². The van der Waals surface area contributed by atoms with E-state index in [4.69, 9.17) is 0 Å². The van der Waals surface area contributed by atoms with Gasteiger partial charge in [-0.1, -0.05) is 6.07 Å². The number of carbonyl (C=O) groups excluding carboxylic acids is 1. The highest BCUT2D eigenvalue weighted by Gasteiger charge is 2.47. The first-order chi connectivity index (χ1) is 17.5. The van der Waals surface area contributed by atoms with Gasteiger partial charge in [0.1, 0.15) is 5.82 Å². The number of rotatable bonds is 8. The minimum atomic E-state index is -3.69. The largest absolute Gasteiger partial charge is 0.381 e. The molecule has 0 fully saturated rings. The maximum atomic E-state index is 14.9. The number of aryl methyl sites for hydroxylation is 1. The number of hydrogen-bond donors (Lipinski definition) is 3. The summed E-state index contributed by atoms with van der Waals surface area (Å²) in [7, 11) is 0. The highest BCUT2D eigenvalue weighted by Crippen LogP contribution is 2.30. The van der Waals surface area contributed by atoms with Crippen molar-refractivity contribution in [2.75, 3.05) is 11.9 Å². The molecule has 3 N–H and O–H groups in total. The van der Waals surface area contributed by atoms with Gasteiger partial charge >= 0.3 is 0 Å². The Morgan fingerprint density at radius 2 is 1.78 bits per heavy atom. The predicted octanol–water partition coefficient (Wildman–Crippen LogP) is 4.88. The van der Waals surface area contributed by atoms with Crippen LogP contribution < -0.4 is 10.6 Å². The summed E-state index contributed by atoms with van der Waals surface area (Å²) in [5.74, 6) is -4.95. The van der Waals surface area contributed by atoms with Gasteiger partial charge in [-0.2, -0.15) is 5.10 Å². The van der Waals surface area contributed by atoms with E-state index in [1.165, 1.54) is 40.5 Å². The van der Waals surface area contributed by atoms with Gasteiger partial charge in [0.05, 0.1) is 29.5 Å². The lowest BCUT2D eigenvalue weighted by molar-refractivity contribution is -0.135. The standard InChI is InChI=1S/C25H20F6N4O2/c1-13-9-19(17-11-33-35(20(17)10-13)15-7-5-14(26)6-8-15)32-12-25(37,23(29)30)24(31)34-22(36)16-3-2-4-18(27)21(16)28/h2-11,23-24,32,37H,12H2,1H3,(H,34,36). The number of anilines is 1. The molecule has 3 aromatic carbocycles. The van der Waals surface area contributed by atoms with Gasteiger partial charge in [-0.05, 0) is 61.0 Å². The molecule has 0 saturated heterocycles. The van der Waals surface area contributed by atoms with E-state index in [9.17, 15) is 36.2 Å². The molecule has 37 heavy (non-hydrogen) atoms. The Morgan fingerprint density at radius 3 is 2.46 bits per heavy atom. The monoisotopic (exact) mass is 522 g/mol. The van der Waals surface area contributed by atoms with Crippen molar-refractivity contribution in [1.82, 2.24) is 15.1 Å². The topological polar surface area (TPSA) is 79.2 Å². The van der Waals surface area contributed by atoms with Gasteiger partial charge < -0.3 is 15.7 Å². The van der Waals surface area contributed by atoms with E-state index in [0.717, 1.165) is 18.2 Å². The van der Waals surface area contributed by atoms with E-state index in [2.05, 4.69) is 10.4 Å². The van der Waals surface area contributed by atoms with Crippen LogP contribution in [0.5, 0.6) is 0 Å². The second-order valence-electron chi connectivity index (χ2n) is 8.36. The highest BCUT2D eigenvalue weighted by atomic mass is 19.3. The molecule has 0 aliphatic heterocycles. The fraction of sp³-hybridized carbons (Fsp3) is 0.200. The van der Waals surface area contributed by atoms with Crippen molar-refractivity contribution in [2.24, 2.45) is 0 Å². The fourth-order valence-corrected chi connectivity index (χ4v) is 3.71. The van der Waals surface area contributed by atoms with Gasteiger partial charge in [0, 0.05) is 11.1 Å². The van der Waals surface area contributed by atoms with Crippen LogP contribution in [0.2, 0.25) is 0 Å². The molecule has 4 rings (SSSR count). The molecule has 0 saturated carbocycles. The van der Waals surface area contributed by atoms with E-state index in [0.29, 0.717) is 22.2 Å². The number of carbonyl (C=O) groups is 1. The lowest BCUT2D eigenvalue weighted by Gasteiger charge is -2.31. The SMILES string of the molecule is Cc1cc(NCC(O)(C(F)F)C(F)NC(=O)c2cccc(F)c2F)c2cnn(-c3ccc(F)cc3)c2c1. The van der Waals surface area contributed by atoms with Crippen LogP contribution in [0.25, 0.3) is 16.6 Å². The van der Waals surface area contributed by atoms with E-state index >= 15 is 0 Å². The lowest BCUT2D eigenvalue weighted by Crippen LogP contribution is -2.58. The molecule has 0 spiro atoms. The molecule has 2 unspecified atom stereocenters. The first-order valence-electron chi connectivity index (χ1n) is 10.9. The molecule has 0 aliphatic rings. The molecule has 194 valence electrons. The summed E-state index contributed by atoms with van der Waals surface area (Å²) in [5, 5.41) is 19.2. The Hall–Kier alpha value is -4.06. The number of hydrogen-bond acceptors (Lipinski definition) is 4. The summed E-state index contributed by atoms with van der Waals surface area (Å²) in [4.78, 5) is 12.2. The molecule has 2 atom stereocenters. The van der Waals surface area contributed by atoms with Crippen molar-refractivity contribution in [3.05, 3.63) is 89.4 Å². The third-order valence-electron chi connectivity index (χ3n) is 5.74. The first kappa shape index (κ1) is 26.0. The average molecular weight is 522 g/mol. The average Bonchev–Trinajstić information content (AvgIpc) is 3.28. The number of aromatic nitrogens is 2. The molecular weight excluding hydrogens is 502 g/mol. The Balaban J connectivity index is 1.59. The number of fused-ring (bicyclic) bond motifs is 1. The summed E-state index contributed by atoms with van der Waals surface area (Å²) in [6.45, 7) is 0.635. The van der Waals surface area contributed by atoms with Gasteiger partial charge in [-0.15, -0.1) is 0 Å². The molecule has 1 aromatic heterocycles. The first-order valence-corrected chi connectivity index (χ1v) is 10.9. The molecule has 4 aromatic rings. The van der Waals surface area contributed by atoms with E-state index in [1.54, 1.807) is 19.1 Å². The predicted molar refractivity (Wildman–Crippen MR) is 124 cm³/mol. The second kappa shape index (κ2) is 10.1. The third kappa shape index (κ3) is 5.10. The summed E-state index contributed by atoms with van der Waals surface area (Å²) in [6, 6.07) is 11.3. The van der Waals surface area contributed by atoms with Gasteiger partial charge in [0.15, 0.2) is 17.2 Å². The Kier molecular flexibility index (Phi) is 7.12. The smallest absolute Gasteiger partial charge is 0.273 e. The van der Waals surface area contributed by atoms with Crippen LogP contribution in [0.15, 0.2) is 60.8 Å². The molecule has 0 bridgehead atoms. The van der Waals surface area contributed by atoms with Crippen LogP contribution in [-0.4, -0.2) is 45.7 Å². The van der Waals surface area contributed by atoms with Crippen LogP contribution in [0.1, 0.15) is 15.9 Å². The number of nitrogens with one attached hydrogen (secondary N) is 2. The Bertz CT molecular complexity index is 1440. The van der Waals surface area contributed by atoms with Crippen molar-refractivity contribution in [3.63, 3.8) is 0 Å². The third-order valence-corrected chi connectivity index (χ3v) is 5.74. The highest BCUT2D eigenvalue weighted by molar-refractivity contribution is 5.95. The lowest BCUT2D eigenvalue weighted by atomic mass is 10.0. The zero-order valence-corrected chi connectivity index (χ0v) is 19.2. The van der Waals surface area contributed by atoms with Crippen molar-refractivity contribution in [2.45, 2.75) is 25.2 Å². The van der Waals surface area contributed by atoms with Gasteiger partial charge in [0.25, 0.3) is 12.3 Å². The maximum Gasteiger partial charge on any atom is 0.273 e. The fourth-order valence-electron chi connectivity index (χ4n) is 3.71. The van der Waals surface area contributed by atoms with E-state index in [1.807, 2.05) is 0 Å². The molecule has 0 radical (unpaired) electrons. The number of halogens is 6. The summed E-state index contributed by atoms with van der Waals surface area (Å²) in [6.07, 6.45) is -5.34. The molecule has 6 nitrogen and oxygen atoms in total. The van der Waals surface area contributed by atoms with Crippen LogP contribution >= 0.6 is 0 Å². The number of benzene rings is 3. The Morgan fingerprint density at radius 1 is 1.08 bits per heavy atom. The number of nitrogens with zero attached hydrogens (tertiary/aromatic N) is 2. The molecule has 1 amide bonds. The maximum absolute atomic E-state index is 14.9. The van der Waals surface area contributed by atoms with Crippen LogP contribution in [0.3, 0.4) is 0 Å². The molecule has 0 aliphatic carbocycles. The van der Waals surface area contributed by atoms with Gasteiger partial charge in [-0.25, -0.2) is 31.0 Å². The summed E-state index contributed by atoms with van der Waals surface area (Å²) in [5.41, 5.74) is -2.44. The number of alkyl halides is 3. The van der Waals surface area contributed by atoms with Crippen molar-refractivity contribution < 1.29 is 36.2 Å². The summed E-state index contributed by atoms with van der Waals surface area (Å²) >= 11 is 0. The Labute approximate surface area is 206 Å². The van der Waals surface area contributed by atoms with Crippen molar-refractivity contribution in [1.29, 1.82) is 0 Å². The summed E-state index contributed by atoms with van der Waals surface area (Å²) < 4.78 is 84.5. The molecular formula is C25H20F6N4O2. The zero-order chi connectivity index (χ0) is 26.9. The van der Waals surface area contributed by atoms with Gasteiger partial charge in [0.2, 0.25) is 6.30 Å². The van der Waals surface area contributed by atoms with Crippen molar-refractivity contribution in [3.8, 4) is 5.69 Å². The van der Waals surface area contributed by atoms with Crippen LogP contribution in [-0.2, 0) is 0 Å². The number of aliphatic hydroxyl groups is 1. The van der Waals surface area contributed by atoms with Crippen molar-refractivity contribution >= 4 is 22.5 Å². The van der Waals surface area contributed by atoms with Gasteiger partial charge in [-0.3, -0.25) is 4.79 Å². The molecule has 1 heterocycles. The second-order valence-corrected chi connectivity index (χ2v) is 8.36. The normalized spacial score (nSPS) is 14.0. The molecule has 12 heteroatoms. The number of amides is 1. The van der Waals surface area contributed by atoms with Crippen LogP contribution in [0, 0.1) is 24.4 Å². The van der Waals surface area contributed by atoms with E-state index < -0.39 is 53.8 Å². The quantitative estimate of drug-likeness (QED) is 0.228. The minimum Gasteiger partial charge on any atom is -0.381 e. The zero-order valence-electron chi connectivity index (χ0n) is 19.2.